The van der Waals surface area contributed by atoms with Crippen molar-refractivity contribution in [1.82, 2.24) is 14.9 Å². The second-order valence-electron chi connectivity index (χ2n) is 5.77. The Bertz CT molecular complexity index is 722. The molecule has 0 aliphatic carbocycles. The predicted molar refractivity (Wildman–Crippen MR) is 81.3 cm³/mol. The van der Waals surface area contributed by atoms with E-state index in [4.69, 9.17) is 5.11 Å². The molecule has 6 heteroatoms. The smallest absolute Gasteiger partial charge is 0.253 e. The Morgan fingerprint density at radius 3 is 3.00 bits per heavy atom. The highest BCUT2D eigenvalue weighted by Gasteiger charge is 2.27. The van der Waals surface area contributed by atoms with Crippen LogP contribution < -0.4 is 0 Å². The molecule has 2 heterocycles. The zero-order valence-electron chi connectivity index (χ0n) is 12.5. The van der Waals surface area contributed by atoms with Crippen molar-refractivity contribution in [3.63, 3.8) is 0 Å². The summed E-state index contributed by atoms with van der Waals surface area (Å²) in [6, 6.07) is 5.26. The molecule has 116 valence electrons. The Balaban J connectivity index is 1.83. The van der Waals surface area contributed by atoms with Crippen LogP contribution in [0, 0.1) is 5.92 Å². The number of benzene rings is 1. The van der Waals surface area contributed by atoms with Crippen molar-refractivity contribution in [2.24, 2.45) is 5.92 Å². The van der Waals surface area contributed by atoms with Crippen LogP contribution in [0.15, 0.2) is 18.2 Å². The van der Waals surface area contributed by atoms with Crippen LogP contribution in [-0.2, 0) is 11.4 Å². The molecule has 1 aromatic carbocycles. The number of nitrogens with zero attached hydrogens (tertiary/aromatic N) is 2. The highest BCUT2D eigenvalue weighted by molar-refractivity contribution is 5.97. The molecule has 0 saturated carbocycles. The standard InChI is InChI=1S/C16H19N3O3/c1-10(21)12-3-2-6-19(8-12)16(22)11-4-5-13-14(7-11)18-15(9-20)17-13/h4-5,7,12,20H,2-3,6,8-9H2,1H3,(H,17,18). The fourth-order valence-electron chi connectivity index (χ4n) is 2.95. The largest absolute Gasteiger partial charge is 0.388 e. The van der Waals surface area contributed by atoms with Gasteiger partial charge in [-0.05, 0) is 38.0 Å². The van der Waals surface area contributed by atoms with Gasteiger partial charge in [0.25, 0.3) is 5.91 Å². The zero-order chi connectivity index (χ0) is 15.7. The number of Topliss-reactive ketones (excluding diaryl/α,β-unsaturated/α-hetero) is 1. The minimum absolute atomic E-state index is 0.0467. The number of nitrogens with one attached hydrogen (secondary N) is 1. The minimum atomic E-state index is -0.162. The molecular weight excluding hydrogens is 282 g/mol. The lowest BCUT2D eigenvalue weighted by atomic mass is 9.94. The number of carbonyl (C=O) groups excluding carboxylic acids is 2. The van der Waals surface area contributed by atoms with Gasteiger partial charge in [0, 0.05) is 24.6 Å². The molecule has 6 nitrogen and oxygen atoms in total. The normalized spacial score (nSPS) is 18.6. The molecule has 2 aromatic rings. The maximum absolute atomic E-state index is 12.6. The molecule has 1 unspecified atom stereocenters. The number of likely N-dealkylation sites (tertiary alicyclic amines) is 1. The second kappa shape index (κ2) is 5.88. The van der Waals surface area contributed by atoms with E-state index in [9.17, 15) is 9.59 Å². The SMILES string of the molecule is CC(=O)C1CCCN(C(=O)c2ccc3nc(CO)[nH]c3c2)C1. The van der Waals surface area contributed by atoms with E-state index in [1.54, 1.807) is 30.0 Å². The number of imidazole rings is 1. The topological polar surface area (TPSA) is 86.3 Å². The summed E-state index contributed by atoms with van der Waals surface area (Å²) < 4.78 is 0. The molecule has 3 rings (SSSR count). The van der Waals surface area contributed by atoms with Crippen LogP contribution in [0.3, 0.4) is 0 Å². The third kappa shape index (κ3) is 2.74. The molecule has 2 N–H and O–H groups in total. The molecule has 0 spiro atoms. The van der Waals surface area contributed by atoms with Gasteiger partial charge in [-0.25, -0.2) is 4.98 Å². The summed E-state index contributed by atoms with van der Waals surface area (Å²) in [7, 11) is 0. The van der Waals surface area contributed by atoms with Crippen LogP contribution in [-0.4, -0.2) is 44.8 Å². The highest BCUT2D eigenvalue weighted by atomic mass is 16.3. The minimum Gasteiger partial charge on any atom is -0.388 e. The summed E-state index contributed by atoms with van der Waals surface area (Å²) in [5.41, 5.74) is 2.03. The van der Waals surface area contributed by atoms with E-state index < -0.39 is 0 Å². The second-order valence-corrected chi connectivity index (χ2v) is 5.77. The first-order chi connectivity index (χ1) is 10.6. The first-order valence-corrected chi connectivity index (χ1v) is 7.47. The maximum Gasteiger partial charge on any atom is 0.253 e. The molecular formula is C16H19N3O3. The number of rotatable bonds is 3. The quantitative estimate of drug-likeness (QED) is 0.899. The number of amides is 1. The number of fused-ring (bicyclic) bond motifs is 1. The van der Waals surface area contributed by atoms with Gasteiger partial charge < -0.3 is 15.0 Å². The van der Waals surface area contributed by atoms with Gasteiger partial charge in [-0.1, -0.05) is 0 Å². The van der Waals surface area contributed by atoms with Crippen molar-refractivity contribution in [3.8, 4) is 0 Å². The summed E-state index contributed by atoms with van der Waals surface area (Å²) in [5, 5.41) is 9.10. The fraction of sp³-hybridized carbons (Fsp3) is 0.438. The summed E-state index contributed by atoms with van der Waals surface area (Å²) in [6.45, 7) is 2.61. The van der Waals surface area contributed by atoms with E-state index in [0.29, 0.717) is 24.5 Å². The maximum atomic E-state index is 12.6. The summed E-state index contributed by atoms with van der Waals surface area (Å²) >= 11 is 0. The van der Waals surface area contributed by atoms with E-state index >= 15 is 0 Å². The number of piperidine rings is 1. The number of ketones is 1. The highest BCUT2D eigenvalue weighted by Crippen LogP contribution is 2.21. The van der Waals surface area contributed by atoms with Crippen LogP contribution >= 0.6 is 0 Å². The number of H-pyrrole nitrogens is 1. The van der Waals surface area contributed by atoms with Crippen LogP contribution in [0.2, 0.25) is 0 Å². The molecule has 1 saturated heterocycles. The molecule has 1 aliphatic rings. The number of aliphatic hydroxyl groups excluding tert-OH is 1. The molecule has 1 aromatic heterocycles. The van der Waals surface area contributed by atoms with Crippen molar-refractivity contribution in [1.29, 1.82) is 0 Å². The van der Waals surface area contributed by atoms with Gasteiger partial charge in [0.1, 0.15) is 18.2 Å². The molecule has 1 atom stereocenters. The number of hydrogen-bond donors (Lipinski definition) is 2. The average Bonchev–Trinajstić information content (AvgIpc) is 2.96. The Kier molecular flexibility index (Phi) is 3.94. The monoisotopic (exact) mass is 301 g/mol. The molecule has 1 amide bonds. The third-order valence-corrected chi connectivity index (χ3v) is 4.21. The number of carbonyl (C=O) groups is 2. The molecule has 0 radical (unpaired) electrons. The van der Waals surface area contributed by atoms with Crippen LogP contribution in [0.4, 0.5) is 0 Å². The van der Waals surface area contributed by atoms with Crippen molar-refractivity contribution in [2.45, 2.75) is 26.4 Å². The van der Waals surface area contributed by atoms with Gasteiger partial charge in [-0.15, -0.1) is 0 Å². The van der Waals surface area contributed by atoms with Crippen molar-refractivity contribution in [2.75, 3.05) is 13.1 Å². The summed E-state index contributed by atoms with van der Waals surface area (Å²) in [4.78, 5) is 33.1. The lowest BCUT2D eigenvalue weighted by Gasteiger charge is -2.31. The van der Waals surface area contributed by atoms with E-state index in [1.165, 1.54) is 0 Å². The van der Waals surface area contributed by atoms with Crippen molar-refractivity contribution < 1.29 is 14.7 Å². The predicted octanol–water partition coefficient (Wildman–Crippen LogP) is 1.50. The van der Waals surface area contributed by atoms with E-state index in [-0.39, 0.29) is 24.2 Å². The number of aromatic amines is 1. The first kappa shape index (κ1) is 14.7. The third-order valence-electron chi connectivity index (χ3n) is 4.21. The van der Waals surface area contributed by atoms with Gasteiger partial charge in [0.15, 0.2) is 0 Å². The van der Waals surface area contributed by atoms with Gasteiger partial charge in [0.05, 0.1) is 11.0 Å². The zero-order valence-corrected chi connectivity index (χ0v) is 12.5. The summed E-state index contributed by atoms with van der Waals surface area (Å²) in [6.07, 6.45) is 1.72. The lowest BCUT2D eigenvalue weighted by Crippen LogP contribution is -2.41. The van der Waals surface area contributed by atoms with Crippen LogP contribution in [0.25, 0.3) is 11.0 Å². The number of aromatic nitrogens is 2. The molecule has 1 fully saturated rings. The van der Waals surface area contributed by atoms with Crippen molar-refractivity contribution in [3.05, 3.63) is 29.6 Å². The number of hydrogen-bond acceptors (Lipinski definition) is 4. The molecule has 22 heavy (non-hydrogen) atoms. The summed E-state index contributed by atoms with van der Waals surface area (Å²) in [5.74, 6) is 0.519. The van der Waals surface area contributed by atoms with Gasteiger partial charge in [-0.3, -0.25) is 9.59 Å². The molecule has 0 bridgehead atoms. The fourth-order valence-corrected chi connectivity index (χ4v) is 2.95. The van der Waals surface area contributed by atoms with Crippen LogP contribution in [0.5, 0.6) is 0 Å². The van der Waals surface area contributed by atoms with E-state index in [0.717, 1.165) is 23.9 Å². The lowest BCUT2D eigenvalue weighted by molar-refractivity contribution is -0.121. The Labute approximate surface area is 128 Å². The Hall–Kier alpha value is -2.21. The van der Waals surface area contributed by atoms with Gasteiger partial charge in [0.2, 0.25) is 0 Å². The average molecular weight is 301 g/mol. The first-order valence-electron chi connectivity index (χ1n) is 7.47. The Morgan fingerprint density at radius 1 is 1.45 bits per heavy atom. The van der Waals surface area contributed by atoms with Crippen LogP contribution in [0.1, 0.15) is 35.9 Å². The van der Waals surface area contributed by atoms with Crippen molar-refractivity contribution >= 4 is 22.7 Å². The van der Waals surface area contributed by atoms with E-state index in [1.807, 2.05) is 0 Å². The van der Waals surface area contributed by atoms with Gasteiger partial charge in [-0.2, -0.15) is 0 Å². The van der Waals surface area contributed by atoms with E-state index in [2.05, 4.69) is 9.97 Å². The molecule has 1 aliphatic heterocycles. The van der Waals surface area contributed by atoms with Gasteiger partial charge >= 0.3 is 0 Å². The number of aliphatic hydroxyl groups is 1. The Morgan fingerprint density at radius 2 is 2.27 bits per heavy atom.